The molecule has 0 fully saturated rings. The van der Waals surface area contributed by atoms with Gasteiger partial charge in [0, 0.05) is 22.8 Å². The second-order valence-electron chi connectivity index (χ2n) is 4.93. The van der Waals surface area contributed by atoms with Gasteiger partial charge in [0.1, 0.15) is 12.2 Å². The average molecular weight is 346 g/mol. The van der Waals surface area contributed by atoms with Crippen molar-refractivity contribution in [2.45, 2.75) is 6.54 Å². The van der Waals surface area contributed by atoms with Crippen molar-refractivity contribution in [3.63, 3.8) is 0 Å². The number of aromatic nitrogens is 3. The molecule has 3 rings (SSSR count). The van der Waals surface area contributed by atoms with Crippen molar-refractivity contribution >= 4 is 29.1 Å². The molecule has 3 aromatic rings. The van der Waals surface area contributed by atoms with Crippen molar-refractivity contribution in [1.29, 1.82) is 0 Å². The molecule has 8 nitrogen and oxygen atoms in total. The van der Waals surface area contributed by atoms with Gasteiger partial charge < -0.3 is 15.6 Å². The summed E-state index contributed by atoms with van der Waals surface area (Å²) in [6.07, 6.45) is 2.88. The van der Waals surface area contributed by atoms with E-state index in [1.807, 2.05) is 0 Å². The molecule has 0 bridgehead atoms. The van der Waals surface area contributed by atoms with Gasteiger partial charge in [-0.2, -0.15) is 5.10 Å². The summed E-state index contributed by atoms with van der Waals surface area (Å²) in [5, 5.41) is 10.9. The number of primary amides is 1. The van der Waals surface area contributed by atoms with Gasteiger partial charge in [0.25, 0.3) is 5.91 Å². The van der Waals surface area contributed by atoms with Gasteiger partial charge in [-0.1, -0.05) is 28.9 Å². The first-order chi connectivity index (χ1) is 11.5. The van der Waals surface area contributed by atoms with E-state index in [1.54, 1.807) is 24.3 Å². The average Bonchev–Trinajstić information content (AvgIpc) is 3.16. The fourth-order valence-corrected chi connectivity index (χ4v) is 2.22. The highest BCUT2D eigenvalue weighted by atomic mass is 35.5. The summed E-state index contributed by atoms with van der Waals surface area (Å²) < 4.78 is 6.37. The third-order valence-corrected chi connectivity index (χ3v) is 3.30. The predicted molar refractivity (Wildman–Crippen MR) is 86.3 cm³/mol. The minimum atomic E-state index is -0.530. The number of carbonyl (C=O) groups excluding carboxylic acids is 2. The smallest absolute Gasteiger partial charge is 0.294 e. The third kappa shape index (κ3) is 3.61. The number of halogens is 1. The molecule has 24 heavy (non-hydrogen) atoms. The highest BCUT2D eigenvalue weighted by Crippen LogP contribution is 2.22. The van der Waals surface area contributed by atoms with Crippen molar-refractivity contribution < 1.29 is 14.1 Å². The molecule has 0 aliphatic rings. The Bertz CT molecular complexity index is 902. The van der Waals surface area contributed by atoms with E-state index in [4.69, 9.17) is 21.9 Å². The van der Waals surface area contributed by atoms with Crippen LogP contribution in [0.4, 0.5) is 5.69 Å². The topological polar surface area (TPSA) is 116 Å². The summed E-state index contributed by atoms with van der Waals surface area (Å²) in [5.74, 6) is -0.987. The van der Waals surface area contributed by atoms with Gasteiger partial charge in [0.15, 0.2) is 0 Å². The van der Waals surface area contributed by atoms with Crippen LogP contribution in [-0.4, -0.2) is 26.8 Å². The zero-order valence-electron chi connectivity index (χ0n) is 12.3. The van der Waals surface area contributed by atoms with E-state index in [9.17, 15) is 9.59 Å². The summed E-state index contributed by atoms with van der Waals surface area (Å²) in [6.45, 7) is -0.0723. The number of nitrogens with two attached hydrogens (primary N) is 1. The summed E-state index contributed by atoms with van der Waals surface area (Å²) in [4.78, 5) is 23.0. The first kappa shape index (κ1) is 15.8. The van der Waals surface area contributed by atoms with Gasteiger partial charge in [-0.05, 0) is 12.1 Å². The molecule has 9 heteroatoms. The fraction of sp³-hybridized carbons (Fsp3) is 0.0667. The van der Waals surface area contributed by atoms with Crippen molar-refractivity contribution in [1.82, 2.24) is 14.9 Å². The summed E-state index contributed by atoms with van der Waals surface area (Å²) in [7, 11) is 0. The van der Waals surface area contributed by atoms with E-state index in [0.29, 0.717) is 16.4 Å². The quantitative estimate of drug-likeness (QED) is 0.732. The molecule has 0 saturated carbocycles. The number of nitrogens with zero attached hydrogens (tertiary/aromatic N) is 3. The Morgan fingerprint density at radius 2 is 2.17 bits per heavy atom. The predicted octanol–water partition coefficient (Wildman–Crippen LogP) is 1.93. The first-order valence-electron chi connectivity index (χ1n) is 6.86. The molecule has 2 aromatic heterocycles. The minimum Gasteiger partial charge on any atom is -0.368 e. The van der Waals surface area contributed by atoms with Crippen LogP contribution in [-0.2, 0) is 11.3 Å². The van der Waals surface area contributed by atoms with E-state index < -0.39 is 11.8 Å². The lowest BCUT2D eigenvalue weighted by Gasteiger charge is -1.98. The molecule has 0 aliphatic heterocycles. The van der Waals surface area contributed by atoms with E-state index >= 15 is 0 Å². The molecular weight excluding hydrogens is 334 g/mol. The summed E-state index contributed by atoms with van der Waals surface area (Å²) >= 11 is 5.93. The molecule has 2 amide bonds. The number of carbonyl (C=O) groups is 2. The van der Waals surface area contributed by atoms with Crippen molar-refractivity contribution in [2.75, 3.05) is 5.32 Å². The van der Waals surface area contributed by atoms with E-state index in [0.717, 1.165) is 5.56 Å². The van der Waals surface area contributed by atoms with Crippen LogP contribution >= 0.6 is 11.6 Å². The largest absolute Gasteiger partial charge is 0.368 e. The molecule has 0 unspecified atom stereocenters. The molecule has 3 N–H and O–H groups in total. The summed E-state index contributed by atoms with van der Waals surface area (Å²) in [6, 6.07) is 8.55. The number of rotatable bonds is 5. The second kappa shape index (κ2) is 6.55. The number of hydrogen-bond acceptors (Lipinski definition) is 5. The second-order valence-corrected chi connectivity index (χ2v) is 5.37. The van der Waals surface area contributed by atoms with Crippen LogP contribution in [0.3, 0.4) is 0 Å². The van der Waals surface area contributed by atoms with Crippen LogP contribution in [0.1, 0.15) is 10.6 Å². The molecule has 2 heterocycles. The van der Waals surface area contributed by atoms with Crippen LogP contribution in [0.15, 0.2) is 47.2 Å². The molecule has 0 spiro atoms. The lowest BCUT2D eigenvalue weighted by atomic mass is 10.1. The maximum atomic E-state index is 12.2. The normalized spacial score (nSPS) is 10.5. The standard InChI is InChI=1S/C15H12ClN5O3/c16-10-3-1-2-9(4-10)12-5-13(24-20-12)15(23)19-11-6-18-21(7-11)8-14(17)22/h1-7H,8H2,(H2,17,22)(H,19,23). The first-order valence-corrected chi connectivity index (χ1v) is 7.24. The molecule has 122 valence electrons. The zero-order valence-corrected chi connectivity index (χ0v) is 13.0. The molecule has 0 aliphatic carbocycles. The number of amides is 2. The van der Waals surface area contributed by atoms with Crippen LogP contribution < -0.4 is 11.1 Å². The number of hydrogen-bond donors (Lipinski definition) is 2. The Kier molecular flexibility index (Phi) is 4.30. The Morgan fingerprint density at radius 1 is 1.33 bits per heavy atom. The van der Waals surface area contributed by atoms with Crippen LogP contribution in [0.25, 0.3) is 11.3 Å². The number of anilines is 1. The van der Waals surface area contributed by atoms with Gasteiger partial charge in [0.05, 0.1) is 11.9 Å². The lowest BCUT2D eigenvalue weighted by molar-refractivity contribution is -0.118. The van der Waals surface area contributed by atoms with Gasteiger partial charge >= 0.3 is 0 Å². The van der Waals surface area contributed by atoms with Gasteiger partial charge in [-0.15, -0.1) is 0 Å². The van der Waals surface area contributed by atoms with E-state index in [1.165, 1.54) is 23.1 Å². The third-order valence-electron chi connectivity index (χ3n) is 3.06. The van der Waals surface area contributed by atoms with Gasteiger partial charge in [0.2, 0.25) is 11.7 Å². The Hall–Kier alpha value is -3.13. The lowest BCUT2D eigenvalue weighted by Crippen LogP contribution is -2.18. The van der Waals surface area contributed by atoms with Crippen LogP contribution in [0, 0.1) is 0 Å². The Balaban J connectivity index is 1.72. The van der Waals surface area contributed by atoms with E-state index in [2.05, 4.69) is 15.6 Å². The molecule has 1 aromatic carbocycles. The molecular formula is C15H12ClN5O3. The van der Waals surface area contributed by atoms with Gasteiger partial charge in [-0.25, -0.2) is 0 Å². The maximum Gasteiger partial charge on any atom is 0.294 e. The van der Waals surface area contributed by atoms with Crippen molar-refractivity contribution in [2.24, 2.45) is 5.73 Å². The van der Waals surface area contributed by atoms with Crippen LogP contribution in [0.2, 0.25) is 5.02 Å². The SMILES string of the molecule is NC(=O)Cn1cc(NC(=O)c2cc(-c3cccc(Cl)c3)no2)cn1. The zero-order chi connectivity index (χ0) is 17.1. The monoisotopic (exact) mass is 345 g/mol. The molecule has 0 saturated heterocycles. The van der Waals surface area contributed by atoms with Crippen molar-refractivity contribution in [3.05, 3.63) is 53.5 Å². The fourth-order valence-electron chi connectivity index (χ4n) is 2.03. The summed E-state index contributed by atoms with van der Waals surface area (Å²) in [5.41, 5.74) is 6.71. The van der Waals surface area contributed by atoms with Gasteiger partial charge in [-0.3, -0.25) is 14.3 Å². The molecule has 0 radical (unpaired) electrons. The highest BCUT2D eigenvalue weighted by molar-refractivity contribution is 6.30. The molecule has 0 atom stereocenters. The minimum absolute atomic E-state index is 0.0348. The van der Waals surface area contributed by atoms with E-state index in [-0.39, 0.29) is 12.3 Å². The number of nitrogens with one attached hydrogen (secondary N) is 1. The number of benzene rings is 1. The highest BCUT2D eigenvalue weighted by Gasteiger charge is 2.15. The Morgan fingerprint density at radius 3 is 2.92 bits per heavy atom. The maximum absolute atomic E-state index is 12.2. The Labute approximate surface area is 141 Å². The van der Waals surface area contributed by atoms with Crippen LogP contribution in [0.5, 0.6) is 0 Å². The van der Waals surface area contributed by atoms with Crippen molar-refractivity contribution in [3.8, 4) is 11.3 Å².